The normalized spacial score (nSPS) is 12.7. The number of halogens is 3. The second-order valence-electron chi connectivity index (χ2n) is 16.3. The molecule has 0 saturated heterocycles. The van der Waals surface area contributed by atoms with Crippen LogP contribution in [0.5, 0.6) is 0 Å². The van der Waals surface area contributed by atoms with Crippen LogP contribution >= 0.6 is 39.1 Å². The molecule has 2 aromatic heterocycles. The number of hydrogen-bond acceptors (Lipinski definition) is 16. The van der Waals surface area contributed by atoms with Crippen molar-refractivity contribution in [2.24, 2.45) is 5.73 Å². The number of benzene rings is 5. The van der Waals surface area contributed by atoms with Gasteiger partial charge in [0.1, 0.15) is 17.1 Å². The topological polar surface area (TPSA) is 339 Å². The molecule has 0 aliphatic heterocycles. The highest BCUT2D eigenvalue weighted by Gasteiger charge is 2.27. The maximum atomic E-state index is 12.9. The van der Waals surface area contributed by atoms with Gasteiger partial charge < -0.3 is 56.7 Å². The summed E-state index contributed by atoms with van der Waals surface area (Å²) in [5.41, 5.74) is 11.6. The van der Waals surface area contributed by atoms with Gasteiger partial charge in [-0.3, -0.25) is 4.79 Å². The van der Waals surface area contributed by atoms with E-state index < -0.39 is 49.2 Å². The number of rotatable bonds is 16. The van der Waals surface area contributed by atoms with Crippen LogP contribution in [0.3, 0.4) is 0 Å². The van der Waals surface area contributed by atoms with E-state index >= 15 is 0 Å². The molecule has 5 aromatic carbocycles. The lowest BCUT2D eigenvalue weighted by Gasteiger charge is -2.21. The van der Waals surface area contributed by atoms with Gasteiger partial charge in [-0.2, -0.15) is 0 Å². The Hall–Kier alpha value is -7.57. The largest absolute Gasteiger partial charge is 0.488 e. The molecule has 0 spiro atoms. The highest BCUT2D eigenvalue weighted by molar-refractivity contribution is 9.10. The molecule has 0 saturated carbocycles. The molecule has 8 rings (SSSR count). The quantitative estimate of drug-likeness (QED) is 0.0275. The SMILES string of the molecule is CCOC(=O)[C@H](O)C[C@H](N)Cc1ccc(Br)cc1.O=C(N[C@H](Cc1ccc(-c2cccc(Cl)c2)cc1)C[C@@H](O)C(=O)O)c1ccc2nnn(O)c2c1.O=C(O)C1=Cc2c(nnn2O)[C+]=C1.OB(O)c1cccc(Cl)c1. The molecule has 0 radical (unpaired) electrons. The molecule has 0 unspecified atom stereocenters. The third-order valence-corrected chi connectivity index (χ3v) is 11.6. The van der Waals surface area contributed by atoms with Crippen LogP contribution in [0.25, 0.3) is 28.2 Å². The van der Waals surface area contributed by atoms with Gasteiger partial charge in [-0.05, 0) is 124 Å². The maximum Gasteiger partial charge on any atom is 0.488 e. The summed E-state index contributed by atoms with van der Waals surface area (Å²) >= 11 is 15.0. The van der Waals surface area contributed by atoms with Crippen LogP contribution in [0.4, 0.5) is 0 Å². The standard InChI is InChI=1S/C24H21ClN4O5.C13H18BrNO3.C7H3N3O3.C6H6BClO2/c25-18-3-1-2-16(11-18)15-6-4-14(5-7-15)10-19(13-22(30)24(32)33)26-23(31)17-8-9-20-21(12-17)29(34)28-27-20;1-2-18-13(17)12(16)8-11(15)7-9-3-5-10(14)6-4-9;11-7(12)4-1-2-5-6(3-4)10(13)9-8-5;8-6-3-1-2-5(4-6)7(9)10/h1-9,11-12,19,22,30,34H,10,13H2,(H,26,31)(H,32,33);3-6,11-12,16H,2,7-8,15H2,1H3;1,3,13H;1-4,9-10H/p+1/t19-,22-;11-,12-;;/m11../s1. The number of esters is 1. The summed E-state index contributed by atoms with van der Waals surface area (Å²) in [6.07, 6.45) is 3.29. The number of aliphatic hydroxyl groups excluding tert-OH is 2. The molecule has 21 nitrogen and oxygen atoms in total. The predicted molar refractivity (Wildman–Crippen MR) is 279 cm³/mol. The van der Waals surface area contributed by atoms with Gasteiger partial charge in [0.25, 0.3) is 11.6 Å². The van der Waals surface area contributed by atoms with Crippen molar-refractivity contribution >= 4 is 92.6 Å². The third-order valence-electron chi connectivity index (χ3n) is 10.6. The highest BCUT2D eigenvalue weighted by atomic mass is 79.9. The molecule has 1 aliphatic rings. The summed E-state index contributed by atoms with van der Waals surface area (Å²) in [7, 11) is -1.43. The lowest BCUT2D eigenvalue weighted by atomic mass is 9.81. The number of amides is 1. The first-order chi connectivity index (χ1) is 35.7. The number of nitrogens with one attached hydrogen (secondary N) is 1. The zero-order valence-corrected chi connectivity index (χ0v) is 42.7. The highest BCUT2D eigenvalue weighted by Crippen LogP contribution is 2.24. The average molecular weight is 1130 g/mol. The van der Waals surface area contributed by atoms with Gasteiger partial charge in [-0.1, -0.05) is 110 Å². The lowest BCUT2D eigenvalue weighted by Crippen LogP contribution is -2.40. The predicted octanol–water partition coefficient (Wildman–Crippen LogP) is 4.52. The number of hydrogen-bond donors (Lipinski definition) is 10. The molecular weight excluding hydrogens is 1080 g/mol. The number of nitrogens with two attached hydrogens (primary N) is 1. The Morgan fingerprint density at radius 2 is 1.43 bits per heavy atom. The molecule has 0 fully saturated rings. The summed E-state index contributed by atoms with van der Waals surface area (Å²) in [6, 6.07) is 32.8. The number of fused-ring (bicyclic) bond motifs is 2. The molecule has 7 aromatic rings. The molecular formula is C50H49BBrCl2N8O13+. The number of carbonyl (C=O) groups is 4. The van der Waals surface area contributed by atoms with Crippen LogP contribution in [0.1, 0.15) is 52.6 Å². The van der Waals surface area contributed by atoms with Crippen molar-refractivity contribution in [1.29, 1.82) is 0 Å². The van der Waals surface area contributed by atoms with E-state index in [2.05, 4.69) is 47.9 Å². The Morgan fingerprint density at radius 3 is 2.04 bits per heavy atom. The van der Waals surface area contributed by atoms with Crippen LogP contribution in [-0.2, 0) is 32.0 Å². The van der Waals surface area contributed by atoms with Crippen LogP contribution in [0.15, 0.2) is 131 Å². The lowest BCUT2D eigenvalue weighted by molar-refractivity contribution is -0.153. The molecule has 2 heterocycles. The summed E-state index contributed by atoms with van der Waals surface area (Å²) < 4.78 is 5.73. The van der Waals surface area contributed by atoms with Gasteiger partial charge >= 0.3 is 25.0 Å². The first-order valence-electron chi connectivity index (χ1n) is 22.5. The van der Waals surface area contributed by atoms with Gasteiger partial charge in [0, 0.05) is 38.6 Å². The van der Waals surface area contributed by atoms with Crippen LogP contribution < -0.4 is 16.5 Å². The van der Waals surface area contributed by atoms with Crippen LogP contribution in [0, 0.1) is 6.08 Å². The minimum absolute atomic E-state index is 0.0325. The van der Waals surface area contributed by atoms with Gasteiger partial charge in [0.15, 0.2) is 17.8 Å². The zero-order chi connectivity index (χ0) is 54.8. The number of carbonyl (C=O) groups excluding carboxylic acids is 2. The first kappa shape index (κ1) is 58.3. The first-order valence-corrected chi connectivity index (χ1v) is 24.0. The van der Waals surface area contributed by atoms with Crippen molar-refractivity contribution < 1.29 is 64.8 Å². The summed E-state index contributed by atoms with van der Waals surface area (Å²) in [5.74, 6) is -3.54. The Morgan fingerprint density at radius 1 is 0.787 bits per heavy atom. The number of aliphatic hydroxyl groups is 2. The van der Waals surface area contributed by atoms with Gasteiger partial charge in [-0.15, -0.1) is 5.10 Å². The van der Waals surface area contributed by atoms with Crippen molar-refractivity contribution in [2.45, 2.75) is 56.9 Å². The van der Waals surface area contributed by atoms with Crippen molar-refractivity contribution in [3.8, 4) is 11.1 Å². The van der Waals surface area contributed by atoms with E-state index in [1.807, 2.05) is 66.7 Å². The van der Waals surface area contributed by atoms with Crippen molar-refractivity contribution in [2.75, 3.05) is 6.61 Å². The number of ether oxygens (including phenoxy) is 1. The number of aliphatic carboxylic acids is 2. The summed E-state index contributed by atoms with van der Waals surface area (Å²) in [6.45, 7) is 1.96. The fourth-order valence-electron chi connectivity index (χ4n) is 6.93. The fourth-order valence-corrected chi connectivity index (χ4v) is 7.58. The average Bonchev–Trinajstić information content (AvgIpc) is 3.95. The summed E-state index contributed by atoms with van der Waals surface area (Å²) in [5, 5.41) is 91.3. The van der Waals surface area contributed by atoms with E-state index in [4.69, 9.17) is 59.1 Å². The summed E-state index contributed by atoms with van der Waals surface area (Å²) in [4.78, 5) is 46.9. The number of nitrogens with zero attached hydrogens (tertiary/aromatic N) is 6. The van der Waals surface area contributed by atoms with Gasteiger partial charge in [-0.25, -0.2) is 14.4 Å². The van der Waals surface area contributed by atoms with Crippen LogP contribution in [-0.4, -0.2) is 133 Å². The Labute approximate surface area is 446 Å². The molecule has 11 N–H and O–H groups in total. The Kier molecular flexibility index (Phi) is 21.9. The van der Waals surface area contributed by atoms with E-state index in [0.717, 1.165) is 26.7 Å². The van der Waals surface area contributed by atoms with Crippen LogP contribution in [0.2, 0.25) is 10.0 Å². The smallest absolute Gasteiger partial charge is 0.479 e. The third kappa shape index (κ3) is 18.1. The molecule has 4 atom stereocenters. The van der Waals surface area contributed by atoms with Crippen molar-refractivity contribution in [1.82, 2.24) is 35.6 Å². The minimum atomic E-state index is -1.64. The molecule has 390 valence electrons. The van der Waals surface area contributed by atoms with Crippen molar-refractivity contribution in [3.05, 3.63) is 176 Å². The Bertz CT molecular complexity index is 3120. The molecule has 0 bridgehead atoms. The van der Waals surface area contributed by atoms with E-state index in [1.54, 1.807) is 37.3 Å². The van der Waals surface area contributed by atoms with Gasteiger partial charge in [0.2, 0.25) is 5.69 Å². The van der Waals surface area contributed by atoms with E-state index in [9.17, 15) is 34.6 Å². The molecule has 1 aliphatic carbocycles. The number of carboxylic acids is 2. The minimum Gasteiger partial charge on any atom is -0.479 e. The van der Waals surface area contributed by atoms with E-state index in [1.165, 1.54) is 30.4 Å². The maximum absolute atomic E-state index is 12.9. The molecule has 1 amide bonds. The number of aromatic nitrogens is 6. The van der Waals surface area contributed by atoms with Crippen molar-refractivity contribution in [3.63, 3.8) is 0 Å². The fraction of sp³-hybridized carbons (Fsp3) is 0.200. The van der Waals surface area contributed by atoms with Gasteiger partial charge in [0.05, 0.1) is 18.8 Å². The zero-order valence-electron chi connectivity index (χ0n) is 39.6. The second kappa shape index (κ2) is 28.2. The molecule has 25 heteroatoms. The number of carboxylic acid groups (broad SMARTS) is 2. The monoisotopic (exact) mass is 1130 g/mol. The second-order valence-corrected chi connectivity index (χ2v) is 18.1. The molecule has 75 heavy (non-hydrogen) atoms. The van der Waals surface area contributed by atoms with E-state index in [0.29, 0.717) is 49.3 Å². The Balaban J connectivity index is 0.000000210. The van der Waals surface area contributed by atoms with E-state index in [-0.39, 0.29) is 47.8 Å².